The molecule has 0 atom stereocenters. The van der Waals surface area contributed by atoms with Crippen LogP contribution in [-0.4, -0.2) is 34.2 Å². The number of rotatable bonds is 5. The molecule has 0 fully saturated rings. The number of benzene rings is 1. The quantitative estimate of drug-likeness (QED) is 0.794. The Morgan fingerprint density at radius 3 is 2.59 bits per heavy atom. The van der Waals surface area contributed by atoms with E-state index in [2.05, 4.69) is 34.9 Å². The Morgan fingerprint density at radius 2 is 1.95 bits per heavy atom. The molecule has 0 unspecified atom stereocenters. The van der Waals surface area contributed by atoms with Gasteiger partial charge in [0.15, 0.2) is 0 Å². The predicted molar refractivity (Wildman–Crippen MR) is 87.7 cm³/mol. The number of nitrogens with zero attached hydrogens (tertiary/aromatic N) is 2. The van der Waals surface area contributed by atoms with Crippen LogP contribution >= 0.6 is 0 Å². The minimum atomic E-state index is -0.453. The van der Waals surface area contributed by atoms with Crippen molar-refractivity contribution in [3.8, 4) is 0 Å². The number of methoxy groups -OCH3 is 1. The van der Waals surface area contributed by atoms with Crippen LogP contribution in [-0.2, 0) is 11.3 Å². The molecule has 0 aliphatic carbocycles. The Hall–Kier alpha value is -2.43. The van der Waals surface area contributed by atoms with E-state index in [9.17, 15) is 4.79 Å². The molecule has 0 aliphatic rings. The monoisotopic (exact) mass is 302 g/mol. The van der Waals surface area contributed by atoms with Gasteiger partial charge in [-0.3, -0.25) is 0 Å². The van der Waals surface area contributed by atoms with Crippen LogP contribution in [0.2, 0.25) is 0 Å². The zero-order valence-corrected chi connectivity index (χ0v) is 13.7. The predicted octanol–water partition coefficient (Wildman–Crippen LogP) is 3.08. The molecule has 0 saturated heterocycles. The SMILES string of the molecule is COC(=O)c1occc1CN(C)c1ccc(C)c(N(C)C)c1. The van der Waals surface area contributed by atoms with Gasteiger partial charge in [-0.1, -0.05) is 6.07 Å². The number of hydrogen-bond acceptors (Lipinski definition) is 5. The molecular weight excluding hydrogens is 280 g/mol. The number of anilines is 2. The zero-order chi connectivity index (χ0) is 16.3. The molecule has 0 bridgehead atoms. The summed E-state index contributed by atoms with van der Waals surface area (Å²) in [5, 5.41) is 0. The molecular formula is C17H22N2O3. The first-order chi connectivity index (χ1) is 10.4. The number of esters is 1. The Kier molecular flexibility index (Phi) is 4.75. The highest BCUT2D eigenvalue weighted by Crippen LogP contribution is 2.26. The summed E-state index contributed by atoms with van der Waals surface area (Å²) in [6.07, 6.45) is 1.51. The van der Waals surface area contributed by atoms with E-state index in [0.717, 1.165) is 11.3 Å². The number of aryl methyl sites for hydroxylation is 1. The summed E-state index contributed by atoms with van der Waals surface area (Å²) in [5.74, 6) is -0.194. The van der Waals surface area contributed by atoms with Crippen LogP contribution in [0.15, 0.2) is 34.9 Å². The number of furan rings is 1. The summed E-state index contributed by atoms with van der Waals surface area (Å²) in [6, 6.07) is 8.09. The van der Waals surface area contributed by atoms with Crippen molar-refractivity contribution >= 4 is 17.3 Å². The van der Waals surface area contributed by atoms with E-state index in [1.54, 1.807) is 6.07 Å². The highest BCUT2D eigenvalue weighted by molar-refractivity contribution is 5.88. The molecule has 5 heteroatoms. The number of carbonyl (C=O) groups is 1. The maximum Gasteiger partial charge on any atom is 0.374 e. The molecule has 1 aromatic carbocycles. The Balaban J connectivity index is 2.23. The standard InChI is InChI=1S/C17H22N2O3/c1-12-6-7-14(10-15(12)18(2)3)19(4)11-13-8-9-22-16(13)17(20)21-5/h6-10H,11H2,1-5H3. The average molecular weight is 302 g/mol. The van der Waals surface area contributed by atoms with Crippen molar-refractivity contribution in [1.82, 2.24) is 0 Å². The number of ether oxygens (including phenoxy) is 1. The molecule has 0 amide bonds. The first kappa shape index (κ1) is 15.9. The third kappa shape index (κ3) is 3.24. The maximum atomic E-state index is 11.7. The summed E-state index contributed by atoms with van der Waals surface area (Å²) in [5.41, 5.74) is 4.28. The van der Waals surface area contributed by atoms with Crippen LogP contribution < -0.4 is 9.80 Å². The minimum Gasteiger partial charge on any atom is -0.463 e. The maximum absolute atomic E-state index is 11.7. The van der Waals surface area contributed by atoms with Crippen molar-refractivity contribution in [3.05, 3.63) is 47.4 Å². The second kappa shape index (κ2) is 6.56. The largest absolute Gasteiger partial charge is 0.463 e. The fraction of sp³-hybridized carbons (Fsp3) is 0.353. The van der Waals surface area contributed by atoms with Gasteiger partial charge in [-0.2, -0.15) is 0 Å². The van der Waals surface area contributed by atoms with Crippen LogP contribution in [0, 0.1) is 6.92 Å². The minimum absolute atomic E-state index is 0.259. The fourth-order valence-electron chi connectivity index (χ4n) is 2.40. The lowest BCUT2D eigenvalue weighted by Crippen LogP contribution is -2.19. The van der Waals surface area contributed by atoms with Gasteiger partial charge in [-0.15, -0.1) is 0 Å². The van der Waals surface area contributed by atoms with Crippen LogP contribution in [0.3, 0.4) is 0 Å². The molecule has 118 valence electrons. The third-order valence-corrected chi connectivity index (χ3v) is 3.64. The van der Waals surface area contributed by atoms with Crippen molar-refractivity contribution < 1.29 is 13.9 Å². The zero-order valence-electron chi connectivity index (χ0n) is 13.7. The highest BCUT2D eigenvalue weighted by atomic mass is 16.5. The number of hydrogen-bond donors (Lipinski definition) is 0. The Labute approximate surface area is 131 Å². The van der Waals surface area contributed by atoms with Crippen LogP contribution in [0.5, 0.6) is 0 Å². The van der Waals surface area contributed by atoms with E-state index >= 15 is 0 Å². The Morgan fingerprint density at radius 1 is 1.23 bits per heavy atom. The first-order valence-electron chi connectivity index (χ1n) is 7.08. The van der Waals surface area contributed by atoms with E-state index in [0.29, 0.717) is 6.54 Å². The van der Waals surface area contributed by atoms with E-state index in [1.807, 2.05) is 21.1 Å². The molecule has 0 N–H and O–H groups in total. The molecule has 1 heterocycles. The smallest absolute Gasteiger partial charge is 0.374 e. The summed E-state index contributed by atoms with van der Waals surface area (Å²) >= 11 is 0. The van der Waals surface area contributed by atoms with Gasteiger partial charge >= 0.3 is 5.97 Å². The van der Waals surface area contributed by atoms with Gasteiger partial charge in [0.2, 0.25) is 5.76 Å². The van der Waals surface area contributed by atoms with Crippen LogP contribution in [0.4, 0.5) is 11.4 Å². The van der Waals surface area contributed by atoms with E-state index in [-0.39, 0.29) is 5.76 Å². The van der Waals surface area contributed by atoms with Gasteiger partial charge in [0, 0.05) is 44.6 Å². The summed E-state index contributed by atoms with van der Waals surface area (Å²) < 4.78 is 9.96. The van der Waals surface area contributed by atoms with Gasteiger partial charge in [-0.25, -0.2) is 4.79 Å². The molecule has 1 aromatic heterocycles. The fourth-order valence-corrected chi connectivity index (χ4v) is 2.40. The lowest BCUT2D eigenvalue weighted by Gasteiger charge is -2.23. The van der Waals surface area contributed by atoms with Crippen molar-refractivity contribution in [2.75, 3.05) is 38.1 Å². The second-order valence-corrected chi connectivity index (χ2v) is 5.49. The van der Waals surface area contributed by atoms with Gasteiger partial charge in [-0.05, 0) is 30.7 Å². The van der Waals surface area contributed by atoms with Gasteiger partial charge < -0.3 is 19.0 Å². The highest BCUT2D eigenvalue weighted by Gasteiger charge is 2.17. The van der Waals surface area contributed by atoms with E-state index in [1.165, 1.54) is 24.6 Å². The lowest BCUT2D eigenvalue weighted by molar-refractivity contribution is 0.0563. The van der Waals surface area contributed by atoms with Crippen LogP contribution in [0.1, 0.15) is 21.7 Å². The van der Waals surface area contributed by atoms with Crippen molar-refractivity contribution in [1.29, 1.82) is 0 Å². The molecule has 2 rings (SSSR count). The van der Waals surface area contributed by atoms with E-state index in [4.69, 9.17) is 9.15 Å². The van der Waals surface area contributed by atoms with Crippen molar-refractivity contribution in [3.63, 3.8) is 0 Å². The average Bonchev–Trinajstić information content (AvgIpc) is 2.94. The summed E-state index contributed by atoms with van der Waals surface area (Å²) in [7, 11) is 7.38. The topological polar surface area (TPSA) is 45.9 Å². The van der Waals surface area contributed by atoms with Crippen LogP contribution in [0.25, 0.3) is 0 Å². The molecule has 0 radical (unpaired) electrons. The van der Waals surface area contributed by atoms with Gasteiger partial charge in [0.05, 0.1) is 13.4 Å². The molecule has 0 saturated carbocycles. The third-order valence-electron chi connectivity index (χ3n) is 3.64. The van der Waals surface area contributed by atoms with Crippen molar-refractivity contribution in [2.24, 2.45) is 0 Å². The van der Waals surface area contributed by atoms with Gasteiger partial charge in [0.1, 0.15) is 0 Å². The summed E-state index contributed by atoms with van der Waals surface area (Å²) in [6.45, 7) is 2.65. The number of carbonyl (C=O) groups excluding carboxylic acids is 1. The van der Waals surface area contributed by atoms with Crippen molar-refractivity contribution in [2.45, 2.75) is 13.5 Å². The normalized spacial score (nSPS) is 10.4. The Bertz CT molecular complexity index is 662. The van der Waals surface area contributed by atoms with Gasteiger partial charge in [0.25, 0.3) is 0 Å². The molecule has 22 heavy (non-hydrogen) atoms. The molecule has 0 aliphatic heterocycles. The molecule has 2 aromatic rings. The lowest BCUT2D eigenvalue weighted by atomic mass is 10.1. The second-order valence-electron chi connectivity index (χ2n) is 5.49. The summed E-state index contributed by atoms with van der Waals surface area (Å²) in [4.78, 5) is 15.8. The molecule has 5 nitrogen and oxygen atoms in total. The van der Waals surface area contributed by atoms with E-state index < -0.39 is 5.97 Å². The molecule has 0 spiro atoms. The first-order valence-corrected chi connectivity index (χ1v) is 7.08.